The van der Waals surface area contributed by atoms with Crippen LogP contribution in [0.15, 0.2) is 36.7 Å². The molecular formula is C19H20N4O2. The Balaban J connectivity index is 1.58. The number of amides is 1. The third-order valence-electron chi connectivity index (χ3n) is 4.77. The Morgan fingerprint density at radius 1 is 1.36 bits per heavy atom. The van der Waals surface area contributed by atoms with Crippen molar-refractivity contribution < 1.29 is 9.53 Å². The molecule has 0 saturated carbocycles. The van der Waals surface area contributed by atoms with Gasteiger partial charge in [0.05, 0.1) is 12.7 Å². The van der Waals surface area contributed by atoms with Crippen LogP contribution in [-0.4, -0.2) is 46.0 Å². The topological polar surface area (TPSA) is 71.1 Å². The maximum atomic E-state index is 13.0. The van der Waals surface area contributed by atoms with Crippen LogP contribution in [0.3, 0.4) is 0 Å². The van der Waals surface area contributed by atoms with E-state index in [2.05, 4.69) is 15.0 Å². The first-order valence-corrected chi connectivity index (χ1v) is 8.39. The summed E-state index contributed by atoms with van der Waals surface area (Å²) in [5, 5.41) is 0.889. The van der Waals surface area contributed by atoms with E-state index in [4.69, 9.17) is 4.74 Å². The normalized spacial score (nSPS) is 17.2. The van der Waals surface area contributed by atoms with Gasteiger partial charge < -0.3 is 14.6 Å². The SMILES string of the molecule is COc1ccc2[nH]cc(C(=O)N3CC[C@H](c4nccc(C)n4)C3)c2c1. The van der Waals surface area contributed by atoms with Gasteiger partial charge in [-0.2, -0.15) is 0 Å². The van der Waals surface area contributed by atoms with E-state index in [1.807, 2.05) is 36.1 Å². The lowest BCUT2D eigenvalue weighted by atomic mass is 10.1. The quantitative estimate of drug-likeness (QED) is 0.798. The van der Waals surface area contributed by atoms with Gasteiger partial charge in [-0.05, 0) is 37.6 Å². The fourth-order valence-corrected chi connectivity index (χ4v) is 3.39. The Kier molecular flexibility index (Phi) is 3.87. The average Bonchev–Trinajstić information content (AvgIpc) is 3.28. The van der Waals surface area contributed by atoms with Crippen LogP contribution in [0.2, 0.25) is 0 Å². The van der Waals surface area contributed by atoms with E-state index in [0.29, 0.717) is 12.1 Å². The second kappa shape index (κ2) is 6.20. The van der Waals surface area contributed by atoms with Gasteiger partial charge in [-0.1, -0.05) is 0 Å². The van der Waals surface area contributed by atoms with Crippen molar-refractivity contribution in [1.29, 1.82) is 0 Å². The number of aromatic nitrogens is 3. The van der Waals surface area contributed by atoms with Crippen molar-refractivity contribution in [2.75, 3.05) is 20.2 Å². The average molecular weight is 336 g/mol. The number of rotatable bonds is 3. The molecule has 1 N–H and O–H groups in total. The van der Waals surface area contributed by atoms with Crippen molar-refractivity contribution in [3.63, 3.8) is 0 Å². The molecule has 3 heterocycles. The minimum absolute atomic E-state index is 0.0367. The molecule has 1 aliphatic rings. The Morgan fingerprint density at radius 3 is 3.04 bits per heavy atom. The van der Waals surface area contributed by atoms with Gasteiger partial charge >= 0.3 is 0 Å². The van der Waals surface area contributed by atoms with Crippen LogP contribution in [0.4, 0.5) is 0 Å². The molecule has 2 aromatic heterocycles. The highest BCUT2D eigenvalue weighted by Crippen LogP contribution is 2.29. The molecule has 4 rings (SSSR count). The molecule has 3 aromatic rings. The van der Waals surface area contributed by atoms with Crippen LogP contribution in [0.5, 0.6) is 5.75 Å². The molecule has 6 nitrogen and oxygen atoms in total. The molecule has 0 bridgehead atoms. The molecule has 1 amide bonds. The predicted octanol–water partition coefficient (Wildman–Crippen LogP) is 2.90. The van der Waals surface area contributed by atoms with Crippen molar-refractivity contribution in [3.05, 3.63) is 53.7 Å². The van der Waals surface area contributed by atoms with E-state index in [1.54, 1.807) is 19.5 Å². The monoisotopic (exact) mass is 336 g/mol. The highest BCUT2D eigenvalue weighted by atomic mass is 16.5. The molecule has 0 spiro atoms. The summed E-state index contributed by atoms with van der Waals surface area (Å²) < 4.78 is 5.28. The summed E-state index contributed by atoms with van der Waals surface area (Å²) >= 11 is 0. The molecule has 1 atom stereocenters. The molecule has 0 unspecified atom stereocenters. The van der Waals surface area contributed by atoms with E-state index in [0.717, 1.165) is 41.1 Å². The van der Waals surface area contributed by atoms with Gasteiger partial charge in [0, 0.05) is 48.0 Å². The number of nitrogens with zero attached hydrogens (tertiary/aromatic N) is 3. The molecule has 128 valence electrons. The standard InChI is InChI=1S/C19H20N4O2/c1-12-5-7-20-18(22-12)13-6-8-23(11-13)19(24)16-10-21-17-4-3-14(25-2)9-15(16)17/h3-5,7,9-10,13,21H,6,8,11H2,1-2H3/t13-/m0/s1. The van der Waals surface area contributed by atoms with Crippen molar-refractivity contribution in [1.82, 2.24) is 19.9 Å². The smallest absolute Gasteiger partial charge is 0.256 e. The predicted molar refractivity (Wildman–Crippen MR) is 94.9 cm³/mol. The van der Waals surface area contributed by atoms with Crippen LogP contribution in [0.25, 0.3) is 10.9 Å². The number of methoxy groups -OCH3 is 1. The zero-order valence-electron chi connectivity index (χ0n) is 14.3. The van der Waals surface area contributed by atoms with Gasteiger partial charge in [0.15, 0.2) is 0 Å². The summed E-state index contributed by atoms with van der Waals surface area (Å²) in [4.78, 5) is 26.9. The molecule has 0 aliphatic carbocycles. The van der Waals surface area contributed by atoms with Gasteiger partial charge in [-0.3, -0.25) is 4.79 Å². The van der Waals surface area contributed by atoms with E-state index in [1.165, 1.54) is 0 Å². The van der Waals surface area contributed by atoms with Crippen molar-refractivity contribution in [2.24, 2.45) is 0 Å². The summed E-state index contributed by atoms with van der Waals surface area (Å²) in [6.45, 7) is 3.33. The number of carbonyl (C=O) groups is 1. The lowest BCUT2D eigenvalue weighted by Crippen LogP contribution is -2.28. The molecule has 1 aliphatic heterocycles. The van der Waals surface area contributed by atoms with Crippen molar-refractivity contribution in [2.45, 2.75) is 19.3 Å². The largest absolute Gasteiger partial charge is 0.497 e. The van der Waals surface area contributed by atoms with Crippen molar-refractivity contribution >= 4 is 16.8 Å². The van der Waals surface area contributed by atoms with Crippen LogP contribution in [0.1, 0.15) is 34.2 Å². The zero-order chi connectivity index (χ0) is 17.4. The Hall–Kier alpha value is -2.89. The fourth-order valence-electron chi connectivity index (χ4n) is 3.39. The first kappa shape index (κ1) is 15.6. The lowest BCUT2D eigenvalue weighted by molar-refractivity contribution is 0.0792. The number of hydrogen-bond donors (Lipinski definition) is 1. The minimum atomic E-state index is 0.0367. The highest BCUT2D eigenvalue weighted by Gasteiger charge is 2.30. The van der Waals surface area contributed by atoms with Gasteiger partial charge in [0.25, 0.3) is 5.91 Å². The summed E-state index contributed by atoms with van der Waals surface area (Å²) in [5.74, 6) is 1.81. The summed E-state index contributed by atoms with van der Waals surface area (Å²) in [6.07, 6.45) is 4.46. The summed E-state index contributed by atoms with van der Waals surface area (Å²) in [7, 11) is 1.63. The lowest BCUT2D eigenvalue weighted by Gasteiger charge is -2.16. The maximum absolute atomic E-state index is 13.0. The first-order chi connectivity index (χ1) is 12.2. The summed E-state index contributed by atoms with van der Waals surface area (Å²) in [6, 6.07) is 7.60. The minimum Gasteiger partial charge on any atom is -0.497 e. The third kappa shape index (κ3) is 2.84. The summed E-state index contributed by atoms with van der Waals surface area (Å²) in [5.41, 5.74) is 2.57. The zero-order valence-corrected chi connectivity index (χ0v) is 14.3. The molecule has 0 radical (unpaired) electrons. The van der Waals surface area contributed by atoms with E-state index >= 15 is 0 Å². The number of H-pyrrole nitrogens is 1. The van der Waals surface area contributed by atoms with E-state index in [-0.39, 0.29) is 11.8 Å². The number of carbonyl (C=O) groups excluding carboxylic acids is 1. The number of fused-ring (bicyclic) bond motifs is 1. The molecule has 25 heavy (non-hydrogen) atoms. The molecular weight excluding hydrogens is 316 g/mol. The van der Waals surface area contributed by atoms with E-state index < -0.39 is 0 Å². The third-order valence-corrected chi connectivity index (χ3v) is 4.77. The second-order valence-corrected chi connectivity index (χ2v) is 6.41. The van der Waals surface area contributed by atoms with Crippen LogP contribution in [0, 0.1) is 6.92 Å². The van der Waals surface area contributed by atoms with Gasteiger partial charge in [0.2, 0.25) is 0 Å². The number of nitrogens with one attached hydrogen (secondary N) is 1. The number of likely N-dealkylation sites (tertiary alicyclic amines) is 1. The molecule has 1 aromatic carbocycles. The van der Waals surface area contributed by atoms with Crippen LogP contribution < -0.4 is 4.74 Å². The van der Waals surface area contributed by atoms with Crippen LogP contribution >= 0.6 is 0 Å². The molecule has 1 fully saturated rings. The van der Waals surface area contributed by atoms with Gasteiger partial charge in [-0.25, -0.2) is 9.97 Å². The maximum Gasteiger partial charge on any atom is 0.256 e. The van der Waals surface area contributed by atoms with Gasteiger partial charge in [0.1, 0.15) is 11.6 Å². The molecule has 1 saturated heterocycles. The van der Waals surface area contributed by atoms with E-state index in [9.17, 15) is 4.79 Å². The molecule has 6 heteroatoms. The van der Waals surface area contributed by atoms with Crippen molar-refractivity contribution in [3.8, 4) is 5.75 Å². The number of hydrogen-bond acceptors (Lipinski definition) is 4. The Labute approximate surface area is 145 Å². The number of aryl methyl sites for hydroxylation is 1. The van der Waals surface area contributed by atoms with Crippen LogP contribution in [-0.2, 0) is 0 Å². The fraction of sp³-hybridized carbons (Fsp3) is 0.316. The Bertz CT molecular complexity index is 934. The highest BCUT2D eigenvalue weighted by molar-refractivity contribution is 6.07. The number of ether oxygens (including phenoxy) is 1. The van der Waals surface area contributed by atoms with Gasteiger partial charge in [-0.15, -0.1) is 0 Å². The Morgan fingerprint density at radius 2 is 2.24 bits per heavy atom. The first-order valence-electron chi connectivity index (χ1n) is 8.39. The number of benzene rings is 1. The number of aromatic amines is 1. The second-order valence-electron chi connectivity index (χ2n) is 6.41.